The number of nitrogens with one attached hydrogen (secondary N) is 1. The van der Waals surface area contributed by atoms with Crippen LogP contribution in [0.2, 0.25) is 0 Å². The minimum atomic E-state index is -0.0714. The highest BCUT2D eigenvalue weighted by atomic mass is 16.5. The number of carbonyl (C=O) groups excluding carboxylic acids is 1. The van der Waals surface area contributed by atoms with E-state index in [4.69, 9.17) is 4.74 Å². The number of benzene rings is 1. The molecule has 0 radical (unpaired) electrons. The van der Waals surface area contributed by atoms with E-state index in [-0.39, 0.29) is 23.8 Å². The number of hydrogen-bond donors (Lipinski definition) is 2. The van der Waals surface area contributed by atoms with Crippen LogP contribution in [0.15, 0.2) is 24.3 Å². The summed E-state index contributed by atoms with van der Waals surface area (Å²) in [6.07, 6.45) is 2.73. The molecule has 110 valence electrons. The zero-order valence-corrected chi connectivity index (χ0v) is 12.2. The van der Waals surface area contributed by atoms with Crippen molar-refractivity contribution >= 4 is 5.91 Å². The van der Waals surface area contributed by atoms with Crippen LogP contribution in [0.25, 0.3) is 0 Å². The summed E-state index contributed by atoms with van der Waals surface area (Å²) in [7, 11) is 1.64. The molecule has 1 aliphatic carbocycles. The molecule has 1 aromatic rings. The predicted molar refractivity (Wildman–Crippen MR) is 77.6 cm³/mol. The molecule has 0 spiro atoms. The normalized spacial score (nSPS) is 17.4. The second-order valence-electron chi connectivity index (χ2n) is 5.83. The highest BCUT2D eigenvalue weighted by molar-refractivity contribution is 5.78. The molecule has 4 nitrogen and oxygen atoms in total. The highest BCUT2D eigenvalue weighted by Crippen LogP contribution is 2.44. The van der Waals surface area contributed by atoms with E-state index < -0.39 is 0 Å². The molecule has 0 saturated heterocycles. The largest absolute Gasteiger partial charge is 0.497 e. The number of ether oxygens (including phenoxy) is 1. The summed E-state index contributed by atoms with van der Waals surface area (Å²) < 4.78 is 5.11. The van der Waals surface area contributed by atoms with Crippen molar-refractivity contribution in [3.05, 3.63) is 29.8 Å². The number of methoxy groups -OCH3 is 1. The van der Waals surface area contributed by atoms with E-state index in [1.165, 1.54) is 0 Å². The Kier molecular flexibility index (Phi) is 4.65. The third-order valence-corrected chi connectivity index (χ3v) is 4.08. The monoisotopic (exact) mass is 277 g/mol. The van der Waals surface area contributed by atoms with Gasteiger partial charge in [0.1, 0.15) is 5.75 Å². The van der Waals surface area contributed by atoms with E-state index in [2.05, 4.69) is 5.32 Å². The van der Waals surface area contributed by atoms with Gasteiger partial charge in [0, 0.05) is 17.9 Å². The molecule has 1 fully saturated rings. The fourth-order valence-electron chi connectivity index (χ4n) is 2.22. The van der Waals surface area contributed by atoms with E-state index in [0.29, 0.717) is 13.0 Å². The van der Waals surface area contributed by atoms with Gasteiger partial charge in [-0.25, -0.2) is 0 Å². The van der Waals surface area contributed by atoms with E-state index in [1.54, 1.807) is 7.11 Å². The summed E-state index contributed by atoms with van der Waals surface area (Å²) in [5.74, 6) is 0.808. The number of hydrogen-bond acceptors (Lipinski definition) is 3. The fraction of sp³-hybridized carbons (Fsp3) is 0.562. The molecule has 0 heterocycles. The molecule has 1 unspecified atom stereocenters. The lowest BCUT2D eigenvalue weighted by molar-refractivity contribution is -0.124. The standard InChI is InChI=1S/C16H23NO3/c1-12(9-13-3-5-14(20-2)6-4-13)15(19)17-10-16(11-18)7-8-16/h3-6,12,18H,7-11H2,1-2H3,(H,17,19). The maximum atomic E-state index is 12.0. The first-order valence-electron chi connectivity index (χ1n) is 7.10. The quantitative estimate of drug-likeness (QED) is 0.798. The third-order valence-electron chi connectivity index (χ3n) is 4.08. The average Bonchev–Trinajstić information content (AvgIpc) is 3.26. The molecule has 0 aromatic heterocycles. The number of aliphatic hydroxyl groups excluding tert-OH is 1. The zero-order chi connectivity index (χ0) is 14.6. The van der Waals surface area contributed by atoms with Crippen LogP contribution in [0.5, 0.6) is 5.75 Å². The maximum Gasteiger partial charge on any atom is 0.223 e. The second kappa shape index (κ2) is 6.27. The highest BCUT2D eigenvalue weighted by Gasteiger charge is 2.42. The van der Waals surface area contributed by atoms with Crippen molar-refractivity contribution in [2.75, 3.05) is 20.3 Å². The lowest BCUT2D eigenvalue weighted by atomic mass is 10.00. The summed E-state index contributed by atoms with van der Waals surface area (Å²) in [6.45, 7) is 2.69. The van der Waals surface area contributed by atoms with Crippen LogP contribution in [0.3, 0.4) is 0 Å². The van der Waals surface area contributed by atoms with E-state index in [0.717, 1.165) is 24.2 Å². The zero-order valence-electron chi connectivity index (χ0n) is 12.2. The smallest absolute Gasteiger partial charge is 0.223 e. The maximum absolute atomic E-state index is 12.0. The summed E-state index contributed by atoms with van der Waals surface area (Å²) in [6, 6.07) is 7.78. The van der Waals surface area contributed by atoms with E-state index in [9.17, 15) is 9.90 Å². The Hall–Kier alpha value is -1.55. The van der Waals surface area contributed by atoms with Crippen molar-refractivity contribution in [2.24, 2.45) is 11.3 Å². The average molecular weight is 277 g/mol. The van der Waals surface area contributed by atoms with Crippen molar-refractivity contribution in [1.29, 1.82) is 0 Å². The van der Waals surface area contributed by atoms with Crippen LogP contribution in [-0.2, 0) is 11.2 Å². The van der Waals surface area contributed by atoms with Crippen LogP contribution >= 0.6 is 0 Å². The third kappa shape index (κ3) is 3.73. The number of carbonyl (C=O) groups is 1. The van der Waals surface area contributed by atoms with Crippen LogP contribution in [0, 0.1) is 11.3 Å². The van der Waals surface area contributed by atoms with Crippen molar-refractivity contribution in [3.63, 3.8) is 0 Å². The Labute approximate surface area is 120 Å². The summed E-state index contributed by atoms with van der Waals surface area (Å²) >= 11 is 0. The number of amides is 1. The lowest BCUT2D eigenvalue weighted by Crippen LogP contribution is -2.36. The number of rotatable bonds is 7. The topological polar surface area (TPSA) is 58.6 Å². The van der Waals surface area contributed by atoms with Gasteiger partial charge in [-0.05, 0) is 37.0 Å². The van der Waals surface area contributed by atoms with Gasteiger partial charge in [0.15, 0.2) is 0 Å². The molecule has 2 N–H and O–H groups in total. The fourth-order valence-corrected chi connectivity index (χ4v) is 2.22. The molecule has 1 saturated carbocycles. The van der Waals surface area contributed by atoms with Crippen LogP contribution in [0.1, 0.15) is 25.3 Å². The minimum absolute atomic E-state index is 0.0322. The van der Waals surface area contributed by atoms with Crippen LogP contribution < -0.4 is 10.1 Å². The van der Waals surface area contributed by atoms with Gasteiger partial charge >= 0.3 is 0 Å². The molecule has 1 aromatic carbocycles. The molecule has 20 heavy (non-hydrogen) atoms. The van der Waals surface area contributed by atoms with Crippen molar-refractivity contribution in [1.82, 2.24) is 5.32 Å². The summed E-state index contributed by atoms with van der Waals surface area (Å²) in [5, 5.41) is 12.2. The predicted octanol–water partition coefficient (Wildman–Crippen LogP) is 1.76. The lowest BCUT2D eigenvalue weighted by Gasteiger charge is -2.16. The molecule has 1 amide bonds. The van der Waals surface area contributed by atoms with Crippen molar-refractivity contribution in [3.8, 4) is 5.75 Å². The van der Waals surface area contributed by atoms with Gasteiger partial charge in [-0.2, -0.15) is 0 Å². The Morgan fingerprint density at radius 3 is 2.55 bits per heavy atom. The van der Waals surface area contributed by atoms with E-state index in [1.807, 2.05) is 31.2 Å². The molecule has 0 bridgehead atoms. The van der Waals surface area contributed by atoms with Crippen LogP contribution in [0.4, 0.5) is 0 Å². The van der Waals surface area contributed by atoms with Gasteiger partial charge in [0.05, 0.1) is 13.7 Å². The molecule has 2 rings (SSSR count). The molecular weight excluding hydrogens is 254 g/mol. The van der Waals surface area contributed by atoms with Crippen molar-refractivity contribution in [2.45, 2.75) is 26.2 Å². The first-order valence-corrected chi connectivity index (χ1v) is 7.10. The second-order valence-corrected chi connectivity index (χ2v) is 5.83. The Morgan fingerprint density at radius 1 is 1.40 bits per heavy atom. The van der Waals surface area contributed by atoms with E-state index >= 15 is 0 Å². The molecule has 4 heteroatoms. The van der Waals surface area contributed by atoms with Gasteiger partial charge in [0.2, 0.25) is 5.91 Å². The van der Waals surface area contributed by atoms with Crippen molar-refractivity contribution < 1.29 is 14.6 Å². The summed E-state index contributed by atoms with van der Waals surface area (Å²) in [4.78, 5) is 12.0. The minimum Gasteiger partial charge on any atom is -0.497 e. The summed E-state index contributed by atoms with van der Waals surface area (Å²) in [5.41, 5.74) is 1.09. The molecule has 1 atom stereocenters. The van der Waals surface area contributed by atoms with Crippen LogP contribution in [-0.4, -0.2) is 31.3 Å². The van der Waals surface area contributed by atoms with Gasteiger partial charge in [-0.3, -0.25) is 4.79 Å². The first-order chi connectivity index (χ1) is 9.58. The van der Waals surface area contributed by atoms with Gasteiger partial charge in [0.25, 0.3) is 0 Å². The Morgan fingerprint density at radius 2 is 2.05 bits per heavy atom. The SMILES string of the molecule is COc1ccc(CC(C)C(=O)NCC2(CO)CC2)cc1. The number of aliphatic hydroxyl groups is 1. The molecular formula is C16H23NO3. The van der Waals surface area contributed by atoms with Gasteiger partial charge in [-0.1, -0.05) is 19.1 Å². The Bertz CT molecular complexity index is 451. The van der Waals surface area contributed by atoms with Gasteiger partial charge < -0.3 is 15.2 Å². The molecule has 0 aliphatic heterocycles. The van der Waals surface area contributed by atoms with Gasteiger partial charge in [-0.15, -0.1) is 0 Å². The molecule has 1 aliphatic rings. The Balaban J connectivity index is 1.80. The first kappa shape index (κ1) is 14.9.